The molecular weight excluding hydrogens is 218 g/mol. The summed E-state index contributed by atoms with van der Waals surface area (Å²) in [5.41, 5.74) is 0. The van der Waals surface area contributed by atoms with Crippen LogP contribution in [0.4, 0.5) is 0 Å². The van der Waals surface area contributed by atoms with Gasteiger partial charge in [0.2, 0.25) is 5.91 Å². The number of amides is 1. The molecule has 17 heavy (non-hydrogen) atoms. The summed E-state index contributed by atoms with van der Waals surface area (Å²) in [5, 5.41) is 0. The van der Waals surface area contributed by atoms with Gasteiger partial charge in [0.05, 0.1) is 12.7 Å². The van der Waals surface area contributed by atoms with Crippen molar-refractivity contribution in [3.63, 3.8) is 0 Å². The molecule has 0 aliphatic carbocycles. The maximum atomic E-state index is 11.7. The molecule has 4 heteroatoms. The molecule has 0 aromatic carbocycles. The molecule has 1 aliphatic rings. The highest BCUT2D eigenvalue weighted by molar-refractivity contribution is 5.77. The minimum Gasteiger partial charge on any atom is -0.376 e. The second-order valence-corrected chi connectivity index (χ2v) is 4.47. The molecule has 1 fully saturated rings. The van der Waals surface area contributed by atoms with Gasteiger partial charge in [0.1, 0.15) is 6.61 Å². The summed E-state index contributed by atoms with van der Waals surface area (Å²) in [6.45, 7) is 7.33. The van der Waals surface area contributed by atoms with Crippen LogP contribution in [0.5, 0.6) is 0 Å². The number of hydrogen-bond acceptors (Lipinski definition) is 3. The number of carbonyl (C=O) groups is 1. The maximum Gasteiger partial charge on any atom is 0.248 e. The zero-order valence-electron chi connectivity index (χ0n) is 11.1. The lowest BCUT2D eigenvalue weighted by atomic mass is 10.2. The van der Waals surface area contributed by atoms with E-state index in [2.05, 4.69) is 6.92 Å². The van der Waals surface area contributed by atoms with Crippen LogP contribution in [0.15, 0.2) is 0 Å². The molecule has 1 aliphatic heterocycles. The van der Waals surface area contributed by atoms with E-state index in [1.807, 2.05) is 11.8 Å². The van der Waals surface area contributed by atoms with Crippen molar-refractivity contribution in [1.29, 1.82) is 0 Å². The third-order valence-corrected chi connectivity index (χ3v) is 3.00. The molecule has 0 radical (unpaired) electrons. The lowest BCUT2D eigenvalue weighted by molar-refractivity contribution is -0.136. The zero-order chi connectivity index (χ0) is 12.5. The minimum absolute atomic E-state index is 0.120. The molecule has 0 aromatic heterocycles. The number of ether oxygens (including phenoxy) is 2. The second-order valence-electron chi connectivity index (χ2n) is 4.47. The van der Waals surface area contributed by atoms with Gasteiger partial charge in [-0.05, 0) is 26.2 Å². The molecular formula is C13H25NO3. The standard InChI is InChI=1S/C13H25NO3/c1-3-7-12(17-4-2)10-16-11-13(15)14-8-5-6-9-14/h12H,3-11H2,1-2H3. The van der Waals surface area contributed by atoms with Crippen molar-refractivity contribution in [3.8, 4) is 0 Å². The summed E-state index contributed by atoms with van der Waals surface area (Å²) in [6, 6.07) is 0. The lowest BCUT2D eigenvalue weighted by Crippen LogP contribution is -2.32. The predicted molar refractivity (Wildman–Crippen MR) is 67.0 cm³/mol. The summed E-state index contributed by atoms with van der Waals surface area (Å²) < 4.78 is 11.0. The average Bonchev–Trinajstić information content (AvgIpc) is 2.83. The van der Waals surface area contributed by atoms with Crippen LogP contribution in [-0.4, -0.2) is 49.8 Å². The Morgan fingerprint density at radius 3 is 2.59 bits per heavy atom. The Morgan fingerprint density at radius 1 is 1.29 bits per heavy atom. The van der Waals surface area contributed by atoms with E-state index in [9.17, 15) is 4.79 Å². The molecule has 1 rings (SSSR count). The molecule has 1 unspecified atom stereocenters. The smallest absolute Gasteiger partial charge is 0.248 e. The Balaban J connectivity index is 2.13. The highest BCUT2D eigenvalue weighted by Gasteiger charge is 2.18. The topological polar surface area (TPSA) is 38.8 Å². The summed E-state index contributed by atoms with van der Waals surface area (Å²) in [6.07, 6.45) is 4.46. The van der Waals surface area contributed by atoms with Gasteiger partial charge in [-0.3, -0.25) is 4.79 Å². The molecule has 0 saturated carbocycles. The van der Waals surface area contributed by atoms with Crippen LogP contribution in [-0.2, 0) is 14.3 Å². The van der Waals surface area contributed by atoms with Crippen LogP contribution in [0.2, 0.25) is 0 Å². The first-order valence-electron chi connectivity index (χ1n) is 6.75. The van der Waals surface area contributed by atoms with E-state index in [4.69, 9.17) is 9.47 Å². The first-order chi connectivity index (χ1) is 8.27. The fourth-order valence-corrected chi connectivity index (χ4v) is 2.11. The number of rotatable bonds is 8. The maximum absolute atomic E-state index is 11.7. The molecule has 0 N–H and O–H groups in total. The normalized spacial score (nSPS) is 17.4. The largest absolute Gasteiger partial charge is 0.376 e. The molecule has 4 nitrogen and oxygen atoms in total. The Morgan fingerprint density at radius 2 is 2.00 bits per heavy atom. The molecule has 0 aromatic rings. The fourth-order valence-electron chi connectivity index (χ4n) is 2.11. The lowest BCUT2D eigenvalue weighted by Gasteiger charge is -2.18. The van der Waals surface area contributed by atoms with E-state index in [0.717, 1.165) is 38.8 Å². The first-order valence-corrected chi connectivity index (χ1v) is 6.75. The monoisotopic (exact) mass is 243 g/mol. The fraction of sp³-hybridized carbons (Fsp3) is 0.923. The Hall–Kier alpha value is -0.610. The summed E-state index contributed by atoms with van der Waals surface area (Å²) >= 11 is 0. The first kappa shape index (κ1) is 14.5. The predicted octanol–water partition coefficient (Wildman–Crippen LogP) is 1.83. The van der Waals surface area contributed by atoms with Gasteiger partial charge in [0.25, 0.3) is 0 Å². The van der Waals surface area contributed by atoms with Crippen LogP contribution in [0.1, 0.15) is 39.5 Å². The van der Waals surface area contributed by atoms with Crippen molar-refractivity contribution in [2.45, 2.75) is 45.6 Å². The number of nitrogens with zero attached hydrogens (tertiary/aromatic N) is 1. The molecule has 1 amide bonds. The van der Waals surface area contributed by atoms with Crippen molar-refractivity contribution in [1.82, 2.24) is 4.90 Å². The van der Waals surface area contributed by atoms with Crippen molar-refractivity contribution < 1.29 is 14.3 Å². The van der Waals surface area contributed by atoms with Crippen molar-refractivity contribution in [3.05, 3.63) is 0 Å². The van der Waals surface area contributed by atoms with Crippen LogP contribution < -0.4 is 0 Å². The molecule has 100 valence electrons. The average molecular weight is 243 g/mol. The quantitative estimate of drug-likeness (QED) is 0.653. The van der Waals surface area contributed by atoms with Crippen LogP contribution in [0.25, 0.3) is 0 Å². The Labute approximate surface area is 104 Å². The Kier molecular flexibility index (Phi) is 7.21. The molecule has 0 bridgehead atoms. The van der Waals surface area contributed by atoms with Gasteiger partial charge in [-0.2, -0.15) is 0 Å². The summed E-state index contributed by atoms with van der Waals surface area (Å²) in [5.74, 6) is 0.120. The van der Waals surface area contributed by atoms with Crippen LogP contribution in [0.3, 0.4) is 0 Å². The van der Waals surface area contributed by atoms with Crippen molar-refractivity contribution in [2.24, 2.45) is 0 Å². The molecule has 1 atom stereocenters. The highest BCUT2D eigenvalue weighted by atomic mass is 16.5. The van der Waals surface area contributed by atoms with Gasteiger partial charge in [0, 0.05) is 19.7 Å². The SMILES string of the molecule is CCCC(COCC(=O)N1CCCC1)OCC. The van der Waals surface area contributed by atoms with Gasteiger partial charge in [0.15, 0.2) is 0 Å². The molecule has 1 saturated heterocycles. The van der Waals surface area contributed by atoms with Gasteiger partial charge >= 0.3 is 0 Å². The van der Waals surface area contributed by atoms with E-state index in [1.54, 1.807) is 0 Å². The summed E-state index contributed by atoms with van der Waals surface area (Å²) in [7, 11) is 0. The Bertz CT molecular complexity index is 209. The van der Waals surface area contributed by atoms with Gasteiger partial charge < -0.3 is 14.4 Å². The number of carbonyl (C=O) groups excluding carboxylic acids is 1. The summed E-state index contributed by atoms with van der Waals surface area (Å²) in [4.78, 5) is 13.6. The zero-order valence-corrected chi connectivity index (χ0v) is 11.1. The minimum atomic E-state index is 0.120. The van der Waals surface area contributed by atoms with Crippen LogP contribution >= 0.6 is 0 Å². The third kappa shape index (κ3) is 5.50. The van der Waals surface area contributed by atoms with Crippen molar-refractivity contribution >= 4 is 5.91 Å². The highest BCUT2D eigenvalue weighted by Crippen LogP contribution is 2.08. The van der Waals surface area contributed by atoms with E-state index in [1.165, 1.54) is 0 Å². The van der Waals surface area contributed by atoms with E-state index < -0.39 is 0 Å². The third-order valence-electron chi connectivity index (χ3n) is 3.00. The number of hydrogen-bond donors (Lipinski definition) is 0. The number of likely N-dealkylation sites (tertiary alicyclic amines) is 1. The molecule has 1 heterocycles. The van der Waals surface area contributed by atoms with E-state index in [-0.39, 0.29) is 18.6 Å². The van der Waals surface area contributed by atoms with Gasteiger partial charge in [-0.15, -0.1) is 0 Å². The van der Waals surface area contributed by atoms with E-state index >= 15 is 0 Å². The van der Waals surface area contributed by atoms with Gasteiger partial charge in [-0.1, -0.05) is 13.3 Å². The second kappa shape index (κ2) is 8.48. The van der Waals surface area contributed by atoms with Crippen molar-refractivity contribution in [2.75, 3.05) is 32.9 Å². The van der Waals surface area contributed by atoms with Crippen LogP contribution in [0, 0.1) is 0 Å². The van der Waals surface area contributed by atoms with Gasteiger partial charge in [-0.25, -0.2) is 0 Å². The molecule has 0 spiro atoms. The van der Waals surface area contributed by atoms with E-state index in [0.29, 0.717) is 13.2 Å².